The maximum absolute atomic E-state index is 12.1. The number of unbranched alkanes of at least 4 members (excludes halogenated alkanes) is 2. The minimum atomic E-state index is -0.735. The van der Waals surface area contributed by atoms with Gasteiger partial charge in [0.15, 0.2) is 0 Å². The van der Waals surface area contributed by atoms with Crippen LogP contribution in [0, 0.1) is 6.92 Å². The van der Waals surface area contributed by atoms with Gasteiger partial charge in [-0.1, -0.05) is 31.9 Å². The number of anilines is 1. The van der Waals surface area contributed by atoms with Crippen LogP contribution in [-0.2, 0) is 16.1 Å². The number of benzene rings is 1. The Morgan fingerprint density at radius 2 is 1.96 bits per heavy atom. The van der Waals surface area contributed by atoms with Crippen molar-refractivity contribution in [2.45, 2.75) is 65.5 Å². The first kappa shape index (κ1) is 21.0. The molecule has 1 aromatic rings. The number of aryl methyl sites for hydroxylation is 1. The molecule has 0 aromatic heterocycles. The summed E-state index contributed by atoms with van der Waals surface area (Å²) in [6.07, 6.45) is 2.99. The second-order valence-electron chi connectivity index (χ2n) is 6.87. The molecule has 140 valence electrons. The molecule has 0 aliphatic heterocycles. The van der Waals surface area contributed by atoms with Crippen LogP contribution in [0.1, 0.15) is 57.6 Å². The number of hydrogen-bond acceptors (Lipinski definition) is 4. The highest BCUT2D eigenvalue weighted by molar-refractivity contribution is 5.86. The molecule has 1 rings (SSSR count). The fourth-order valence-corrected chi connectivity index (χ4v) is 2.21. The van der Waals surface area contributed by atoms with Gasteiger partial charge in [-0.25, -0.2) is 4.79 Å². The van der Waals surface area contributed by atoms with Gasteiger partial charge >= 0.3 is 6.09 Å². The highest BCUT2D eigenvalue weighted by Gasteiger charge is 2.21. The molecular formula is C19H31N3O3. The molecule has 0 spiro atoms. The van der Waals surface area contributed by atoms with E-state index in [1.54, 1.807) is 13.8 Å². The molecule has 0 saturated heterocycles. The van der Waals surface area contributed by atoms with Crippen LogP contribution in [0.2, 0.25) is 0 Å². The second-order valence-corrected chi connectivity index (χ2v) is 6.87. The highest BCUT2D eigenvalue weighted by atomic mass is 16.6. The van der Waals surface area contributed by atoms with Gasteiger partial charge in [0.25, 0.3) is 0 Å². The van der Waals surface area contributed by atoms with Gasteiger partial charge in [-0.15, -0.1) is 0 Å². The molecular weight excluding hydrogens is 318 g/mol. The first-order chi connectivity index (χ1) is 11.8. The molecule has 6 nitrogen and oxygen atoms in total. The lowest BCUT2D eigenvalue weighted by Gasteiger charge is -2.23. The fraction of sp³-hybridized carbons (Fsp3) is 0.579. The third kappa shape index (κ3) is 8.03. The number of nitrogens with two attached hydrogens (primary N) is 1. The van der Waals surface area contributed by atoms with Crippen LogP contribution in [0.5, 0.6) is 0 Å². The summed E-state index contributed by atoms with van der Waals surface area (Å²) in [5, 5.41) is 5.65. The summed E-state index contributed by atoms with van der Waals surface area (Å²) in [5.74, 6) is 0.0202. The molecule has 0 aliphatic carbocycles. The molecule has 2 amide bonds. The average Bonchev–Trinajstić information content (AvgIpc) is 2.53. The number of rotatable bonds is 9. The Balaban J connectivity index is 2.69. The zero-order valence-electron chi connectivity index (χ0n) is 15.8. The van der Waals surface area contributed by atoms with E-state index in [1.807, 2.05) is 25.1 Å². The van der Waals surface area contributed by atoms with Gasteiger partial charge in [-0.2, -0.15) is 0 Å². The second kappa shape index (κ2) is 10.0. The molecule has 6 heteroatoms. The van der Waals surface area contributed by atoms with Crippen LogP contribution in [-0.4, -0.2) is 24.1 Å². The number of carbonyl (C=O) groups is 2. The van der Waals surface area contributed by atoms with Gasteiger partial charge in [-0.05, 0) is 44.4 Å². The van der Waals surface area contributed by atoms with Gasteiger partial charge in [0.2, 0.25) is 5.91 Å². The van der Waals surface area contributed by atoms with Crippen molar-refractivity contribution in [2.24, 2.45) is 5.73 Å². The van der Waals surface area contributed by atoms with Gasteiger partial charge in [0.1, 0.15) is 5.60 Å². The zero-order valence-corrected chi connectivity index (χ0v) is 15.8. The van der Waals surface area contributed by atoms with Crippen LogP contribution in [0.3, 0.4) is 0 Å². The summed E-state index contributed by atoms with van der Waals surface area (Å²) < 4.78 is 5.31. The average molecular weight is 349 g/mol. The van der Waals surface area contributed by atoms with Gasteiger partial charge in [0.05, 0.1) is 0 Å². The van der Waals surface area contributed by atoms with Crippen molar-refractivity contribution in [2.75, 3.05) is 11.9 Å². The van der Waals surface area contributed by atoms with E-state index >= 15 is 0 Å². The molecule has 1 aromatic carbocycles. The van der Waals surface area contributed by atoms with Crippen molar-refractivity contribution in [1.82, 2.24) is 5.32 Å². The van der Waals surface area contributed by atoms with E-state index in [2.05, 4.69) is 17.6 Å². The summed E-state index contributed by atoms with van der Waals surface area (Å²) >= 11 is 0. The van der Waals surface area contributed by atoms with E-state index in [4.69, 9.17) is 10.5 Å². The molecule has 0 bridgehead atoms. The minimum Gasteiger partial charge on any atom is -0.442 e. The molecule has 25 heavy (non-hydrogen) atoms. The van der Waals surface area contributed by atoms with E-state index in [0.717, 1.165) is 30.4 Å². The lowest BCUT2D eigenvalue weighted by molar-refractivity contribution is -0.121. The van der Waals surface area contributed by atoms with Crippen LogP contribution < -0.4 is 16.4 Å². The minimum absolute atomic E-state index is 0.0202. The maximum Gasteiger partial charge on any atom is 0.412 e. The molecule has 0 radical (unpaired) electrons. The zero-order chi connectivity index (χ0) is 18.9. The van der Waals surface area contributed by atoms with Crippen LogP contribution in [0.4, 0.5) is 10.5 Å². The lowest BCUT2D eigenvalue weighted by Crippen LogP contribution is -2.37. The van der Waals surface area contributed by atoms with E-state index in [0.29, 0.717) is 18.7 Å². The smallest absolute Gasteiger partial charge is 0.412 e. The number of hydrogen-bond donors (Lipinski definition) is 3. The molecule has 0 atom stereocenters. The first-order valence-corrected chi connectivity index (χ1v) is 8.83. The van der Waals surface area contributed by atoms with Crippen molar-refractivity contribution in [3.63, 3.8) is 0 Å². The number of amides is 2. The Bertz CT molecular complexity index is 585. The van der Waals surface area contributed by atoms with Crippen LogP contribution >= 0.6 is 0 Å². The van der Waals surface area contributed by atoms with E-state index in [1.165, 1.54) is 0 Å². The largest absolute Gasteiger partial charge is 0.442 e. The van der Waals surface area contributed by atoms with Crippen molar-refractivity contribution in [3.8, 4) is 0 Å². The normalized spacial score (nSPS) is 11.1. The summed E-state index contributed by atoms with van der Waals surface area (Å²) in [6, 6.07) is 5.69. The van der Waals surface area contributed by atoms with Crippen molar-refractivity contribution in [1.29, 1.82) is 0 Å². The molecule has 0 heterocycles. The quantitative estimate of drug-likeness (QED) is 0.595. The summed E-state index contributed by atoms with van der Waals surface area (Å²) in [6.45, 7) is 8.14. The highest BCUT2D eigenvalue weighted by Crippen LogP contribution is 2.19. The Hall–Kier alpha value is -2.08. The third-order valence-corrected chi connectivity index (χ3v) is 3.85. The molecule has 0 fully saturated rings. The number of nitrogens with one attached hydrogen (secondary N) is 2. The predicted molar refractivity (Wildman–Crippen MR) is 100 cm³/mol. The molecule has 4 N–H and O–H groups in total. The third-order valence-electron chi connectivity index (χ3n) is 3.85. The van der Waals surface area contributed by atoms with Gasteiger partial charge in [0, 0.05) is 25.2 Å². The Morgan fingerprint density at radius 1 is 1.24 bits per heavy atom. The van der Waals surface area contributed by atoms with Gasteiger partial charge < -0.3 is 15.8 Å². The molecule has 0 aliphatic rings. The van der Waals surface area contributed by atoms with Crippen molar-refractivity contribution < 1.29 is 14.3 Å². The van der Waals surface area contributed by atoms with Crippen LogP contribution in [0.15, 0.2) is 18.2 Å². The number of carbonyl (C=O) groups excluding carboxylic acids is 2. The lowest BCUT2D eigenvalue weighted by atomic mass is 10.1. The molecule has 0 saturated carbocycles. The summed E-state index contributed by atoms with van der Waals surface area (Å²) in [4.78, 5) is 24.0. The summed E-state index contributed by atoms with van der Waals surface area (Å²) in [7, 11) is 0. The molecule has 0 unspecified atom stereocenters. The van der Waals surface area contributed by atoms with E-state index < -0.39 is 11.7 Å². The monoisotopic (exact) mass is 349 g/mol. The van der Waals surface area contributed by atoms with Crippen molar-refractivity contribution in [3.05, 3.63) is 29.3 Å². The van der Waals surface area contributed by atoms with Crippen LogP contribution in [0.25, 0.3) is 0 Å². The topological polar surface area (TPSA) is 93.5 Å². The van der Waals surface area contributed by atoms with E-state index in [9.17, 15) is 9.59 Å². The summed E-state index contributed by atoms with van der Waals surface area (Å²) in [5.41, 5.74) is 7.31. The van der Waals surface area contributed by atoms with Crippen molar-refractivity contribution >= 4 is 17.7 Å². The first-order valence-electron chi connectivity index (χ1n) is 8.83. The Labute approximate surface area is 150 Å². The maximum atomic E-state index is 12.1. The standard InChI is InChI=1S/C19H31N3O3/c1-5-6-7-8-17(23)21-12-15-10-9-14(2)11-16(15)22-18(24)25-19(3,4)13-20/h9-11H,5-8,12-13,20H2,1-4H3,(H,21,23)(H,22,24). The number of ether oxygens (including phenoxy) is 1. The Kier molecular flexibility index (Phi) is 8.41. The van der Waals surface area contributed by atoms with E-state index in [-0.39, 0.29) is 12.5 Å². The predicted octanol–water partition coefficient (Wildman–Crippen LogP) is 3.48. The SMILES string of the molecule is CCCCCC(=O)NCc1ccc(C)cc1NC(=O)OC(C)(C)CN. The Morgan fingerprint density at radius 3 is 2.60 bits per heavy atom. The van der Waals surface area contributed by atoms with Gasteiger partial charge in [-0.3, -0.25) is 10.1 Å². The fourth-order valence-electron chi connectivity index (χ4n) is 2.21.